The Balaban J connectivity index is 1.71. The fraction of sp³-hybridized carbons (Fsp3) is 0.577. The number of fused-ring (bicyclic) bond motifs is 1. The number of rotatable bonds is 7. The van der Waals surface area contributed by atoms with Crippen LogP contribution in [-0.2, 0) is 4.79 Å². The Labute approximate surface area is 217 Å². The molecule has 0 radical (unpaired) electrons. The first-order valence-corrected chi connectivity index (χ1v) is 12.7. The molecule has 2 heterocycles. The van der Waals surface area contributed by atoms with Crippen LogP contribution in [0.1, 0.15) is 77.6 Å². The van der Waals surface area contributed by atoms with Gasteiger partial charge in [-0.05, 0) is 71.4 Å². The van der Waals surface area contributed by atoms with Crippen molar-refractivity contribution in [1.29, 1.82) is 0 Å². The predicted octanol–water partition coefficient (Wildman–Crippen LogP) is 5.13. The van der Waals surface area contributed by atoms with E-state index in [0.29, 0.717) is 27.4 Å². The van der Waals surface area contributed by atoms with Gasteiger partial charge < -0.3 is 15.7 Å². The van der Waals surface area contributed by atoms with Gasteiger partial charge in [0.2, 0.25) is 5.91 Å². The van der Waals surface area contributed by atoms with Crippen LogP contribution in [-0.4, -0.2) is 61.4 Å². The molecule has 0 aliphatic heterocycles. The van der Waals surface area contributed by atoms with Crippen molar-refractivity contribution >= 4 is 46.1 Å². The van der Waals surface area contributed by atoms with Gasteiger partial charge in [-0.3, -0.25) is 19.5 Å². The number of carbonyl (C=O) groups is 3. The van der Waals surface area contributed by atoms with Gasteiger partial charge in [-0.25, -0.2) is 9.78 Å². The second-order valence-electron chi connectivity index (χ2n) is 10.8. The maximum atomic E-state index is 13.2. The minimum Gasteiger partial charge on any atom is -0.465 e. The van der Waals surface area contributed by atoms with Crippen LogP contribution in [0.2, 0.25) is 5.15 Å². The van der Waals surface area contributed by atoms with E-state index in [9.17, 15) is 19.5 Å². The van der Waals surface area contributed by atoms with E-state index < -0.39 is 17.7 Å². The summed E-state index contributed by atoms with van der Waals surface area (Å²) in [7, 11) is 0. The highest BCUT2D eigenvalue weighted by Gasteiger charge is 2.40. The molecule has 0 saturated heterocycles. The molecule has 1 saturated carbocycles. The van der Waals surface area contributed by atoms with E-state index in [-0.39, 0.29) is 29.7 Å². The van der Waals surface area contributed by atoms with Gasteiger partial charge in [0.25, 0.3) is 0 Å². The highest BCUT2D eigenvalue weighted by Crippen LogP contribution is 2.30. The molecular weight excluding hydrogens is 482 g/mol. The number of nitrogens with zero attached hydrogens (tertiary/aromatic N) is 3. The number of hydrogen-bond acceptors (Lipinski definition) is 6. The van der Waals surface area contributed by atoms with Gasteiger partial charge in [0.1, 0.15) is 16.7 Å². The van der Waals surface area contributed by atoms with Crippen molar-refractivity contribution in [3.63, 3.8) is 0 Å². The molecular formula is C26H36ClN5O4. The zero-order chi connectivity index (χ0) is 26.8. The van der Waals surface area contributed by atoms with E-state index in [1.807, 2.05) is 13.8 Å². The third-order valence-corrected chi connectivity index (χ3v) is 6.80. The quantitative estimate of drug-likeness (QED) is 0.343. The van der Waals surface area contributed by atoms with Crippen molar-refractivity contribution in [1.82, 2.24) is 20.2 Å². The summed E-state index contributed by atoms with van der Waals surface area (Å²) in [4.78, 5) is 47.5. The Bertz CT molecular complexity index is 1140. The molecule has 1 unspecified atom stereocenters. The van der Waals surface area contributed by atoms with Crippen LogP contribution >= 0.6 is 11.6 Å². The predicted molar refractivity (Wildman–Crippen MR) is 141 cm³/mol. The number of carbonyl (C=O) groups excluding carboxylic acids is 2. The molecule has 3 N–H and O–H groups in total. The fourth-order valence-electron chi connectivity index (χ4n) is 4.87. The summed E-state index contributed by atoms with van der Waals surface area (Å²) < 4.78 is 0. The van der Waals surface area contributed by atoms with E-state index in [2.05, 4.69) is 20.6 Å². The van der Waals surface area contributed by atoms with Gasteiger partial charge in [-0.1, -0.05) is 25.4 Å². The topological polar surface area (TPSA) is 125 Å². The maximum Gasteiger partial charge on any atom is 0.408 e. The Morgan fingerprint density at radius 2 is 1.72 bits per heavy atom. The van der Waals surface area contributed by atoms with Gasteiger partial charge in [0, 0.05) is 23.8 Å². The molecule has 0 bridgehead atoms. The molecule has 3 rings (SSSR count). The third-order valence-electron chi connectivity index (χ3n) is 6.59. The number of nitrogens with one attached hydrogen (secondary N) is 2. The van der Waals surface area contributed by atoms with Gasteiger partial charge in [0.15, 0.2) is 5.78 Å². The first kappa shape index (κ1) is 27.6. The lowest BCUT2D eigenvalue weighted by Crippen LogP contribution is -2.60. The van der Waals surface area contributed by atoms with Crippen LogP contribution in [0.15, 0.2) is 18.3 Å². The Kier molecular flexibility index (Phi) is 8.44. The summed E-state index contributed by atoms with van der Waals surface area (Å²) in [5, 5.41) is 16.7. The molecule has 1 fully saturated rings. The Hall–Kier alpha value is -2.94. The molecule has 0 spiro atoms. The van der Waals surface area contributed by atoms with Crippen molar-refractivity contribution in [3.05, 3.63) is 29.0 Å². The summed E-state index contributed by atoms with van der Waals surface area (Å²) in [6.07, 6.45) is 3.43. The van der Waals surface area contributed by atoms with Crippen LogP contribution in [0, 0.1) is 5.92 Å². The molecule has 2 amide bonds. The molecule has 1 atom stereocenters. The first-order chi connectivity index (χ1) is 16.8. The number of anilines is 1. The second kappa shape index (κ2) is 11.0. The van der Waals surface area contributed by atoms with E-state index in [4.69, 9.17) is 11.6 Å². The molecule has 36 heavy (non-hydrogen) atoms. The van der Waals surface area contributed by atoms with Crippen molar-refractivity contribution in [2.75, 3.05) is 5.32 Å². The number of aromatic nitrogens is 2. The molecule has 1 aliphatic rings. The lowest BCUT2D eigenvalue weighted by atomic mass is 9.89. The lowest BCUT2D eigenvalue weighted by molar-refractivity contribution is -0.130. The number of Topliss-reactive ketones (excluding diaryl/α,β-unsaturated/α-hetero) is 1. The minimum absolute atomic E-state index is 0.0542. The number of carboxylic acid groups (broad SMARTS) is 1. The van der Waals surface area contributed by atoms with E-state index in [1.54, 1.807) is 39.1 Å². The Morgan fingerprint density at radius 1 is 1.11 bits per heavy atom. The van der Waals surface area contributed by atoms with Crippen molar-refractivity contribution in [3.8, 4) is 0 Å². The molecule has 196 valence electrons. The summed E-state index contributed by atoms with van der Waals surface area (Å²) in [6.45, 7) is 10.6. The van der Waals surface area contributed by atoms with Crippen molar-refractivity contribution in [2.45, 2.75) is 90.9 Å². The number of pyridine rings is 2. The fourth-order valence-corrected chi connectivity index (χ4v) is 5.02. The highest BCUT2D eigenvalue weighted by atomic mass is 35.5. The Morgan fingerprint density at radius 3 is 2.25 bits per heavy atom. The smallest absolute Gasteiger partial charge is 0.408 e. The van der Waals surface area contributed by atoms with E-state index in [0.717, 1.165) is 25.7 Å². The molecule has 10 heteroatoms. The summed E-state index contributed by atoms with van der Waals surface area (Å²) in [5.74, 6) is -0.560. The normalized spacial score (nSPS) is 19.1. The number of halogens is 1. The molecule has 1 aliphatic carbocycles. The van der Waals surface area contributed by atoms with Crippen LogP contribution in [0.25, 0.3) is 11.0 Å². The van der Waals surface area contributed by atoms with Crippen molar-refractivity contribution < 1.29 is 19.5 Å². The molecule has 2 aromatic rings. The zero-order valence-corrected chi connectivity index (χ0v) is 22.5. The minimum atomic E-state index is -1.11. The lowest BCUT2D eigenvalue weighted by Gasteiger charge is -2.41. The van der Waals surface area contributed by atoms with Crippen LogP contribution in [0.4, 0.5) is 10.5 Å². The van der Waals surface area contributed by atoms with Crippen molar-refractivity contribution in [2.24, 2.45) is 5.92 Å². The average molecular weight is 518 g/mol. The number of amides is 2. The monoisotopic (exact) mass is 517 g/mol. The van der Waals surface area contributed by atoms with Gasteiger partial charge in [-0.15, -0.1) is 0 Å². The van der Waals surface area contributed by atoms with Crippen LogP contribution < -0.4 is 10.6 Å². The largest absolute Gasteiger partial charge is 0.465 e. The molecule has 9 nitrogen and oxygen atoms in total. The van der Waals surface area contributed by atoms with Gasteiger partial charge >= 0.3 is 6.09 Å². The summed E-state index contributed by atoms with van der Waals surface area (Å²) in [6, 6.07) is 2.68. The van der Waals surface area contributed by atoms with Gasteiger partial charge in [0.05, 0.1) is 16.8 Å². The van der Waals surface area contributed by atoms with E-state index in [1.165, 1.54) is 11.8 Å². The number of ketones is 1. The highest BCUT2D eigenvalue weighted by molar-refractivity contribution is 6.30. The second-order valence-corrected chi connectivity index (χ2v) is 11.2. The molecule has 2 aromatic heterocycles. The maximum absolute atomic E-state index is 13.2. The van der Waals surface area contributed by atoms with Crippen LogP contribution in [0.3, 0.4) is 0 Å². The number of hydrogen-bond donors (Lipinski definition) is 3. The zero-order valence-electron chi connectivity index (χ0n) is 21.8. The van der Waals surface area contributed by atoms with Crippen LogP contribution in [0.5, 0.6) is 0 Å². The first-order valence-electron chi connectivity index (χ1n) is 12.3. The third kappa shape index (κ3) is 6.24. The average Bonchev–Trinajstić information content (AvgIpc) is 2.77. The van der Waals surface area contributed by atoms with Gasteiger partial charge in [-0.2, -0.15) is 0 Å². The standard InChI is InChI=1S/C26H36ClN5O4/c1-14(2)23(32(25(35)36)26(4,5)6)24(34)30-17-9-7-16(8-10-17)29-21-18(15(3)33)13-28-19-11-12-20(27)31-22(19)21/h11-14,16-17,23H,7-10H2,1-6H3,(H,28,29)(H,30,34)(H,35,36). The summed E-state index contributed by atoms with van der Waals surface area (Å²) in [5.41, 5.74) is 1.59. The SMILES string of the molecule is CC(=O)c1cnc2ccc(Cl)nc2c1NC1CCC(NC(=O)C(C(C)C)N(C(=O)O)C(C)(C)C)CC1. The summed E-state index contributed by atoms with van der Waals surface area (Å²) >= 11 is 6.12. The van der Waals surface area contributed by atoms with E-state index >= 15 is 0 Å². The molecule has 0 aromatic carbocycles.